The van der Waals surface area contributed by atoms with Gasteiger partial charge in [0, 0.05) is 52.0 Å². The third kappa shape index (κ3) is 5.20. The summed E-state index contributed by atoms with van der Waals surface area (Å²) in [5, 5.41) is 4.44. The maximum Gasteiger partial charge on any atom is 0.229 e. The van der Waals surface area contributed by atoms with Crippen LogP contribution in [0.25, 0.3) is 0 Å². The van der Waals surface area contributed by atoms with E-state index >= 15 is 0 Å². The Morgan fingerprint density at radius 3 is 2.13 bits per heavy atom. The third-order valence-electron chi connectivity index (χ3n) is 5.82. The van der Waals surface area contributed by atoms with Crippen LogP contribution in [0.3, 0.4) is 0 Å². The lowest BCUT2D eigenvalue weighted by Crippen LogP contribution is -2.33. The monoisotopic (exact) mass is 407 g/mol. The maximum absolute atomic E-state index is 4.92. The van der Waals surface area contributed by atoms with Crippen LogP contribution in [0, 0.1) is 0 Å². The van der Waals surface area contributed by atoms with E-state index in [2.05, 4.69) is 49.5 Å². The van der Waals surface area contributed by atoms with Crippen molar-refractivity contribution in [3.63, 3.8) is 0 Å². The number of hydrogen-bond acceptors (Lipinski definition) is 7. The second-order valence-corrected chi connectivity index (χ2v) is 8.36. The number of nitrogens with one attached hydrogen (secondary N) is 1. The number of anilines is 4. The summed E-state index contributed by atoms with van der Waals surface area (Å²) in [6, 6.07) is 10.4. The Balaban J connectivity index is 1.51. The fourth-order valence-electron chi connectivity index (χ4n) is 4.03. The zero-order valence-corrected chi connectivity index (χ0v) is 18.2. The van der Waals surface area contributed by atoms with Crippen molar-refractivity contribution in [3.8, 4) is 0 Å². The highest BCUT2D eigenvalue weighted by molar-refractivity contribution is 5.81. The Hall–Kier alpha value is -2.83. The third-order valence-corrected chi connectivity index (χ3v) is 5.82. The van der Waals surface area contributed by atoms with Gasteiger partial charge in [-0.2, -0.15) is 15.1 Å². The van der Waals surface area contributed by atoms with Crippen LogP contribution in [-0.4, -0.2) is 56.5 Å². The highest BCUT2D eigenvalue weighted by Crippen LogP contribution is 2.25. The number of aromatic nitrogens is 2. The molecule has 0 atom stereocenters. The predicted molar refractivity (Wildman–Crippen MR) is 126 cm³/mol. The molecule has 0 saturated carbocycles. The van der Waals surface area contributed by atoms with Gasteiger partial charge in [-0.15, -0.1) is 0 Å². The zero-order chi connectivity index (χ0) is 20.8. The van der Waals surface area contributed by atoms with Crippen LogP contribution in [0.5, 0.6) is 0 Å². The summed E-state index contributed by atoms with van der Waals surface area (Å²) in [7, 11) is 4.08. The molecule has 1 N–H and O–H groups in total. The number of benzene rings is 1. The zero-order valence-electron chi connectivity index (χ0n) is 18.2. The van der Waals surface area contributed by atoms with E-state index in [1.54, 1.807) is 0 Å². The van der Waals surface area contributed by atoms with Crippen molar-refractivity contribution < 1.29 is 0 Å². The summed E-state index contributed by atoms with van der Waals surface area (Å²) >= 11 is 0. The molecule has 2 aliphatic heterocycles. The van der Waals surface area contributed by atoms with Crippen molar-refractivity contribution in [2.24, 2.45) is 5.10 Å². The van der Waals surface area contributed by atoms with E-state index in [0.717, 1.165) is 49.3 Å². The largest absolute Gasteiger partial charge is 0.378 e. The van der Waals surface area contributed by atoms with E-state index in [9.17, 15) is 0 Å². The van der Waals surface area contributed by atoms with Gasteiger partial charge in [-0.05, 0) is 56.2 Å². The molecular weight excluding hydrogens is 374 g/mol. The smallest absolute Gasteiger partial charge is 0.229 e. The normalized spacial score (nSPS) is 17.4. The number of hydrogen-bond donors (Lipinski definition) is 1. The molecular formula is C23H33N7. The van der Waals surface area contributed by atoms with Gasteiger partial charge in [-0.3, -0.25) is 5.43 Å². The minimum absolute atomic E-state index is 0.757. The number of rotatable bonds is 6. The van der Waals surface area contributed by atoms with Gasteiger partial charge in [0.05, 0.1) is 6.21 Å². The summed E-state index contributed by atoms with van der Waals surface area (Å²) < 4.78 is 0. The van der Waals surface area contributed by atoms with Crippen molar-refractivity contribution in [1.29, 1.82) is 0 Å². The Morgan fingerprint density at radius 2 is 1.50 bits per heavy atom. The number of nitrogens with zero attached hydrogens (tertiary/aromatic N) is 6. The second-order valence-electron chi connectivity index (χ2n) is 8.36. The van der Waals surface area contributed by atoms with Crippen LogP contribution >= 0.6 is 0 Å². The van der Waals surface area contributed by atoms with Gasteiger partial charge in [0.25, 0.3) is 0 Å². The lowest BCUT2D eigenvalue weighted by atomic mass is 10.1. The number of piperidine rings is 2. The summed E-state index contributed by atoms with van der Waals surface area (Å²) in [6.45, 7) is 4.20. The van der Waals surface area contributed by atoms with Crippen LogP contribution in [0.1, 0.15) is 44.1 Å². The molecule has 7 heteroatoms. The molecule has 0 spiro atoms. The molecule has 2 saturated heterocycles. The molecule has 2 aliphatic rings. The topological polar surface area (TPSA) is 59.9 Å². The molecule has 3 heterocycles. The van der Waals surface area contributed by atoms with Crippen molar-refractivity contribution >= 4 is 29.5 Å². The van der Waals surface area contributed by atoms with Crippen molar-refractivity contribution in [3.05, 3.63) is 35.9 Å². The van der Waals surface area contributed by atoms with Crippen LogP contribution in [0.15, 0.2) is 35.4 Å². The Kier molecular flexibility index (Phi) is 6.67. The standard InChI is InChI=1S/C23H33N7/c1-28(2)20-11-9-19(10-12-20)18-24-27-21-17-22(29-13-5-3-6-14-29)26-23(25-21)30-15-7-4-8-16-30/h9-12,17-18H,3-8,13-16H2,1-2H3,(H,25,26,27)/b24-18+. The predicted octanol–water partition coefficient (Wildman–Crippen LogP) is 3.97. The van der Waals surface area contributed by atoms with Gasteiger partial charge in [-0.1, -0.05) is 12.1 Å². The minimum Gasteiger partial charge on any atom is -0.378 e. The summed E-state index contributed by atoms with van der Waals surface area (Å²) in [5.41, 5.74) is 5.37. The molecule has 1 aromatic heterocycles. The molecule has 160 valence electrons. The first-order chi connectivity index (χ1) is 14.7. The van der Waals surface area contributed by atoms with Crippen molar-refractivity contribution in [2.45, 2.75) is 38.5 Å². The van der Waals surface area contributed by atoms with Crippen LogP contribution < -0.4 is 20.1 Å². The lowest BCUT2D eigenvalue weighted by molar-refractivity contribution is 0.561. The lowest BCUT2D eigenvalue weighted by Gasteiger charge is -2.31. The average molecular weight is 408 g/mol. The van der Waals surface area contributed by atoms with E-state index in [1.807, 2.05) is 26.4 Å². The molecule has 0 radical (unpaired) electrons. The molecule has 0 unspecified atom stereocenters. The van der Waals surface area contributed by atoms with Gasteiger partial charge in [0.2, 0.25) is 5.95 Å². The highest BCUT2D eigenvalue weighted by Gasteiger charge is 2.19. The Morgan fingerprint density at radius 1 is 0.867 bits per heavy atom. The maximum atomic E-state index is 4.92. The minimum atomic E-state index is 0.757. The second kappa shape index (κ2) is 9.78. The van der Waals surface area contributed by atoms with Gasteiger partial charge in [-0.25, -0.2) is 0 Å². The van der Waals surface area contributed by atoms with Gasteiger partial charge in [0.15, 0.2) is 5.82 Å². The molecule has 7 nitrogen and oxygen atoms in total. The molecule has 4 rings (SSSR count). The molecule has 30 heavy (non-hydrogen) atoms. The molecule has 1 aromatic carbocycles. The van der Waals surface area contributed by atoms with Crippen molar-refractivity contribution in [2.75, 3.05) is 60.4 Å². The van der Waals surface area contributed by atoms with Crippen LogP contribution in [-0.2, 0) is 0 Å². The average Bonchev–Trinajstić information content (AvgIpc) is 2.80. The summed E-state index contributed by atoms with van der Waals surface area (Å²) in [6.07, 6.45) is 9.32. The summed E-state index contributed by atoms with van der Waals surface area (Å²) in [5.74, 6) is 2.59. The first-order valence-corrected chi connectivity index (χ1v) is 11.1. The van der Waals surface area contributed by atoms with Crippen molar-refractivity contribution in [1.82, 2.24) is 9.97 Å². The van der Waals surface area contributed by atoms with Gasteiger partial charge in [0.1, 0.15) is 5.82 Å². The van der Waals surface area contributed by atoms with Gasteiger partial charge >= 0.3 is 0 Å². The Bertz CT molecular complexity index is 799. The van der Waals surface area contributed by atoms with Gasteiger partial charge < -0.3 is 14.7 Å². The van der Waals surface area contributed by atoms with E-state index in [4.69, 9.17) is 9.97 Å². The van der Waals surface area contributed by atoms with E-state index < -0.39 is 0 Å². The highest BCUT2D eigenvalue weighted by atomic mass is 15.4. The van der Waals surface area contributed by atoms with E-state index in [-0.39, 0.29) is 0 Å². The fraction of sp³-hybridized carbons (Fsp3) is 0.522. The molecule has 2 fully saturated rings. The molecule has 0 bridgehead atoms. The SMILES string of the molecule is CN(C)c1ccc(/C=N/Nc2cc(N3CCCCC3)nc(N3CCCCC3)n2)cc1. The summed E-state index contributed by atoms with van der Waals surface area (Å²) in [4.78, 5) is 16.5. The van der Waals surface area contributed by atoms with E-state index in [1.165, 1.54) is 44.2 Å². The number of hydrazone groups is 1. The first-order valence-electron chi connectivity index (χ1n) is 11.1. The molecule has 2 aromatic rings. The molecule has 0 aliphatic carbocycles. The Labute approximate surface area is 179 Å². The first kappa shape index (κ1) is 20.4. The van der Waals surface area contributed by atoms with Crippen LogP contribution in [0.2, 0.25) is 0 Å². The van der Waals surface area contributed by atoms with E-state index in [0.29, 0.717) is 0 Å². The fourth-order valence-corrected chi connectivity index (χ4v) is 4.03. The van der Waals surface area contributed by atoms with Crippen LogP contribution in [0.4, 0.5) is 23.3 Å². The quantitative estimate of drug-likeness (QED) is 0.578. The molecule has 0 amide bonds.